The fraction of sp³-hybridized carbons (Fsp3) is 0.318. The van der Waals surface area contributed by atoms with Crippen LogP contribution in [0.3, 0.4) is 0 Å². The average Bonchev–Trinajstić information content (AvgIpc) is 3.08. The third kappa shape index (κ3) is 2.25. The highest BCUT2D eigenvalue weighted by Gasteiger charge is 2.45. The number of esters is 1. The first-order chi connectivity index (χ1) is 13.9. The van der Waals surface area contributed by atoms with Crippen molar-refractivity contribution in [3.05, 3.63) is 56.9 Å². The van der Waals surface area contributed by atoms with Gasteiger partial charge in [0.25, 0.3) is 5.56 Å². The molecule has 1 atom stereocenters. The molecule has 148 valence electrons. The number of ether oxygens (including phenoxy) is 1. The number of nitrogen functional groups attached to an aromatic ring is 1. The Labute approximate surface area is 166 Å². The Balaban J connectivity index is 1.84. The lowest BCUT2D eigenvalue weighted by atomic mass is 9.86. The lowest BCUT2D eigenvalue weighted by Gasteiger charge is -2.31. The zero-order valence-corrected chi connectivity index (χ0v) is 16.3. The molecule has 4 heterocycles. The first-order valence-corrected chi connectivity index (χ1v) is 9.77. The highest BCUT2D eigenvalue weighted by molar-refractivity contribution is 5.90. The average molecular weight is 391 g/mol. The second kappa shape index (κ2) is 5.90. The van der Waals surface area contributed by atoms with Gasteiger partial charge >= 0.3 is 5.97 Å². The molecule has 0 radical (unpaired) electrons. The summed E-state index contributed by atoms with van der Waals surface area (Å²) in [6, 6.07) is 7.34. The van der Waals surface area contributed by atoms with E-state index in [-0.39, 0.29) is 18.6 Å². The topological polar surface area (TPSA) is 107 Å². The van der Waals surface area contributed by atoms with E-state index in [2.05, 4.69) is 6.92 Å². The summed E-state index contributed by atoms with van der Waals surface area (Å²) in [6.45, 7) is 4.03. The van der Waals surface area contributed by atoms with Gasteiger partial charge in [0.15, 0.2) is 5.60 Å². The van der Waals surface area contributed by atoms with Gasteiger partial charge in [-0.2, -0.15) is 0 Å². The number of aryl methyl sites for hydroxylation is 1. The molecule has 0 spiro atoms. The van der Waals surface area contributed by atoms with Gasteiger partial charge in [-0.25, -0.2) is 9.78 Å². The number of fused-ring (bicyclic) bond motifs is 5. The Morgan fingerprint density at radius 2 is 2.03 bits per heavy atom. The number of carbonyl (C=O) groups excluding carboxylic acids is 1. The molecular weight excluding hydrogens is 370 g/mol. The Hall–Kier alpha value is -3.19. The minimum absolute atomic E-state index is 0.124. The number of carbonyl (C=O) groups is 1. The summed E-state index contributed by atoms with van der Waals surface area (Å²) in [7, 11) is 0. The third-order valence-electron chi connectivity index (χ3n) is 6.18. The highest BCUT2D eigenvalue weighted by atomic mass is 16.6. The normalized spacial score (nSPS) is 19.6. The van der Waals surface area contributed by atoms with Crippen molar-refractivity contribution < 1.29 is 14.6 Å². The third-order valence-corrected chi connectivity index (χ3v) is 6.18. The minimum atomic E-state index is -1.82. The molecule has 3 N–H and O–H groups in total. The van der Waals surface area contributed by atoms with Crippen molar-refractivity contribution in [1.82, 2.24) is 9.55 Å². The summed E-state index contributed by atoms with van der Waals surface area (Å²) in [5.41, 5.74) is 9.49. The minimum Gasteiger partial charge on any atom is -0.458 e. The van der Waals surface area contributed by atoms with Crippen LogP contribution < -0.4 is 11.3 Å². The van der Waals surface area contributed by atoms with E-state index in [1.807, 2.05) is 18.2 Å². The largest absolute Gasteiger partial charge is 0.458 e. The predicted octanol–water partition coefficient (Wildman–Crippen LogP) is 2.22. The number of hydrogen-bond acceptors (Lipinski definition) is 6. The van der Waals surface area contributed by atoms with Gasteiger partial charge in [-0.3, -0.25) is 4.79 Å². The van der Waals surface area contributed by atoms with Gasteiger partial charge in [0.2, 0.25) is 0 Å². The summed E-state index contributed by atoms with van der Waals surface area (Å²) in [5.74, 6) is -0.716. The molecule has 29 heavy (non-hydrogen) atoms. The number of nitrogens with two attached hydrogens (primary N) is 1. The fourth-order valence-electron chi connectivity index (χ4n) is 4.58. The molecule has 0 saturated heterocycles. The van der Waals surface area contributed by atoms with Crippen molar-refractivity contribution in [2.45, 2.75) is 45.4 Å². The van der Waals surface area contributed by atoms with E-state index in [1.165, 1.54) is 0 Å². The molecule has 3 aromatic rings. The number of hydrogen-bond donors (Lipinski definition) is 2. The molecule has 0 amide bonds. The maximum absolute atomic E-state index is 13.2. The van der Waals surface area contributed by atoms with E-state index in [0.29, 0.717) is 29.1 Å². The van der Waals surface area contributed by atoms with Crippen LogP contribution >= 0.6 is 0 Å². The molecule has 5 rings (SSSR count). The number of rotatable bonds is 2. The van der Waals surface area contributed by atoms with E-state index in [1.54, 1.807) is 17.6 Å². The second-order valence-electron chi connectivity index (χ2n) is 7.65. The maximum atomic E-state index is 13.2. The van der Waals surface area contributed by atoms with E-state index in [0.717, 1.165) is 34.1 Å². The van der Waals surface area contributed by atoms with Crippen molar-refractivity contribution in [2.24, 2.45) is 0 Å². The quantitative estimate of drug-likeness (QED) is 0.401. The molecule has 2 aromatic heterocycles. The lowest BCUT2D eigenvalue weighted by molar-refractivity contribution is -0.172. The van der Waals surface area contributed by atoms with Crippen LogP contribution in [0.5, 0.6) is 0 Å². The molecule has 0 aliphatic carbocycles. The van der Waals surface area contributed by atoms with Gasteiger partial charge < -0.3 is 20.1 Å². The number of pyridine rings is 2. The molecule has 0 bridgehead atoms. The zero-order valence-electron chi connectivity index (χ0n) is 16.3. The van der Waals surface area contributed by atoms with Crippen LogP contribution in [-0.4, -0.2) is 20.6 Å². The van der Waals surface area contributed by atoms with Crippen LogP contribution in [-0.2, 0) is 34.7 Å². The summed E-state index contributed by atoms with van der Waals surface area (Å²) in [5, 5.41) is 11.9. The Kier molecular flexibility index (Phi) is 3.64. The lowest BCUT2D eigenvalue weighted by Crippen LogP contribution is -2.44. The monoisotopic (exact) mass is 391 g/mol. The first kappa shape index (κ1) is 17.9. The van der Waals surface area contributed by atoms with E-state index in [9.17, 15) is 14.7 Å². The molecule has 0 saturated carbocycles. The van der Waals surface area contributed by atoms with Gasteiger partial charge in [0.1, 0.15) is 6.61 Å². The number of nitrogens with zero attached hydrogens (tertiary/aromatic N) is 2. The van der Waals surface area contributed by atoms with Gasteiger partial charge in [0, 0.05) is 22.2 Å². The molecular formula is C22H21N3O4. The Morgan fingerprint density at radius 1 is 1.24 bits per heavy atom. The van der Waals surface area contributed by atoms with E-state index in [4.69, 9.17) is 15.5 Å². The van der Waals surface area contributed by atoms with Crippen molar-refractivity contribution in [2.75, 3.05) is 5.73 Å². The Bertz CT molecular complexity index is 1280. The number of aliphatic hydroxyl groups is 1. The molecule has 7 nitrogen and oxygen atoms in total. The van der Waals surface area contributed by atoms with Gasteiger partial charge in [-0.05, 0) is 42.7 Å². The van der Waals surface area contributed by atoms with Crippen LogP contribution in [0.25, 0.3) is 22.3 Å². The summed E-state index contributed by atoms with van der Waals surface area (Å²) < 4.78 is 6.78. The maximum Gasteiger partial charge on any atom is 0.343 e. The summed E-state index contributed by atoms with van der Waals surface area (Å²) in [6.07, 6.45) is 0.896. The molecule has 7 heteroatoms. The van der Waals surface area contributed by atoms with Crippen LogP contribution in [0.2, 0.25) is 0 Å². The fourth-order valence-corrected chi connectivity index (χ4v) is 4.58. The van der Waals surface area contributed by atoms with E-state index >= 15 is 0 Å². The number of anilines is 1. The van der Waals surface area contributed by atoms with Crippen LogP contribution in [0, 0.1) is 0 Å². The number of benzene rings is 1. The first-order valence-electron chi connectivity index (χ1n) is 9.77. The van der Waals surface area contributed by atoms with Gasteiger partial charge in [-0.1, -0.05) is 13.8 Å². The summed E-state index contributed by atoms with van der Waals surface area (Å²) >= 11 is 0. The van der Waals surface area contributed by atoms with Crippen LogP contribution in [0.4, 0.5) is 5.69 Å². The van der Waals surface area contributed by atoms with E-state index < -0.39 is 11.6 Å². The smallest absolute Gasteiger partial charge is 0.343 e. The van der Waals surface area contributed by atoms with Crippen molar-refractivity contribution in [3.63, 3.8) is 0 Å². The van der Waals surface area contributed by atoms with Crippen LogP contribution in [0.15, 0.2) is 29.1 Å². The Morgan fingerprint density at radius 3 is 2.76 bits per heavy atom. The van der Waals surface area contributed by atoms with Gasteiger partial charge in [0.05, 0.1) is 29.0 Å². The molecule has 2 aliphatic heterocycles. The number of cyclic esters (lactones) is 1. The zero-order chi connectivity index (χ0) is 20.5. The molecule has 2 aliphatic rings. The van der Waals surface area contributed by atoms with Gasteiger partial charge in [-0.15, -0.1) is 0 Å². The van der Waals surface area contributed by atoms with Crippen molar-refractivity contribution in [1.29, 1.82) is 0 Å². The highest BCUT2D eigenvalue weighted by Crippen LogP contribution is 2.40. The van der Waals surface area contributed by atoms with Crippen molar-refractivity contribution in [3.8, 4) is 11.4 Å². The SMILES string of the molecule is CCc1c2c(nc3ccc(N)cc13)-c1cc3c(c(=O)n1C2)COC(=O)C3(O)CC. The second-order valence-corrected chi connectivity index (χ2v) is 7.65. The summed E-state index contributed by atoms with van der Waals surface area (Å²) in [4.78, 5) is 30.3. The molecule has 0 fully saturated rings. The predicted molar refractivity (Wildman–Crippen MR) is 108 cm³/mol. The molecule has 1 aromatic carbocycles. The molecule has 1 unspecified atom stereocenters. The van der Waals surface area contributed by atoms with Crippen molar-refractivity contribution >= 4 is 22.6 Å². The standard InChI is InChI=1S/C22H21N3O4/c1-3-12-13-7-11(23)5-6-17(13)24-19-14(12)9-25-18(19)8-16-15(20(25)26)10-29-21(27)22(16,28)4-2/h5-8,28H,3-4,9-10,23H2,1-2H3. The number of aromatic nitrogens is 2. The van der Waals surface area contributed by atoms with Crippen LogP contribution in [0.1, 0.15) is 42.5 Å².